The van der Waals surface area contributed by atoms with E-state index in [0.29, 0.717) is 23.0 Å². The second kappa shape index (κ2) is 8.85. The quantitative estimate of drug-likeness (QED) is 0.645. The fraction of sp³-hybridized carbons (Fsp3) is 0.190. The molecule has 0 unspecified atom stereocenters. The lowest BCUT2D eigenvalue weighted by Crippen LogP contribution is -2.14. The van der Waals surface area contributed by atoms with Crippen LogP contribution in [0.25, 0.3) is 0 Å². The van der Waals surface area contributed by atoms with E-state index < -0.39 is 0 Å². The number of carbonyl (C=O) groups excluding carboxylic acids is 1. The molecule has 7 heteroatoms. The van der Waals surface area contributed by atoms with Crippen molar-refractivity contribution < 1.29 is 14.3 Å². The van der Waals surface area contributed by atoms with E-state index in [2.05, 4.69) is 27.5 Å². The Balaban J connectivity index is 1.73. The van der Waals surface area contributed by atoms with Gasteiger partial charge in [0.1, 0.15) is 17.8 Å². The van der Waals surface area contributed by atoms with E-state index >= 15 is 0 Å². The summed E-state index contributed by atoms with van der Waals surface area (Å²) in [6, 6.07) is 14.8. The molecule has 7 nitrogen and oxygen atoms in total. The predicted octanol–water partition coefficient (Wildman–Crippen LogP) is 4.05. The average Bonchev–Trinajstić information content (AvgIpc) is 2.74. The molecule has 0 radical (unpaired) electrons. The number of carbonyl (C=O) groups is 1. The van der Waals surface area contributed by atoms with Crippen molar-refractivity contribution in [1.82, 2.24) is 9.97 Å². The van der Waals surface area contributed by atoms with Gasteiger partial charge in [0.15, 0.2) is 11.5 Å². The highest BCUT2D eigenvalue weighted by atomic mass is 16.5. The zero-order valence-corrected chi connectivity index (χ0v) is 16.0. The number of ether oxygens (including phenoxy) is 2. The van der Waals surface area contributed by atoms with Gasteiger partial charge in [0.25, 0.3) is 5.91 Å². The van der Waals surface area contributed by atoms with Gasteiger partial charge in [-0.3, -0.25) is 4.79 Å². The fourth-order valence-electron chi connectivity index (χ4n) is 2.63. The summed E-state index contributed by atoms with van der Waals surface area (Å²) in [7, 11) is 3.10. The summed E-state index contributed by atoms with van der Waals surface area (Å²) in [6.45, 7) is 2.11. The Morgan fingerprint density at radius 1 is 0.929 bits per heavy atom. The predicted molar refractivity (Wildman–Crippen MR) is 109 cm³/mol. The summed E-state index contributed by atoms with van der Waals surface area (Å²) < 4.78 is 10.5. The van der Waals surface area contributed by atoms with Crippen LogP contribution in [0.15, 0.2) is 54.9 Å². The van der Waals surface area contributed by atoms with Crippen molar-refractivity contribution in [2.24, 2.45) is 0 Å². The zero-order valence-electron chi connectivity index (χ0n) is 16.0. The Bertz CT molecular complexity index is 958. The van der Waals surface area contributed by atoms with Crippen molar-refractivity contribution in [2.45, 2.75) is 13.3 Å². The second-order valence-electron chi connectivity index (χ2n) is 5.99. The van der Waals surface area contributed by atoms with Crippen LogP contribution in [0, 0.1) is 0 Å². The standard InChI is InChI=1S/C21H22N4O3/c1-4-14-5-7-15(8-6-14)24-20-12-17(22-13-23-20)21(26)25-16-9-10-18(27-2)19(11-16)28-3/h5-13H,4H2,1-3H3,(H,25,26)(H,22,23,24). The van der Waals surface area contributed by atoms with Crippen LogP contribution < -0.4 is 20.1 Å². The second-order valence-corrected chi connectivity index (χ2v) is 5.99. The van der Waals surface area contributed by atoms with Gasteiger partial charge in [-0.1, -0.05) is 19.1 Å². The Kier molecular flexibility index (Phi) is 6.06. The molecule has 0 aliphatic rings. The number of amides is 1. The van der Waals surface area contributed by atoms with Crippen LogP contribution in [0.4, 0.5) is 17.2 Å². The molecule has 144 valence electrons. The zero-order chi connectivity index (χ0) is 19.9. The largest absolute Gasteiger partial charge is 0.493 e. The number of rotatable bonds is 7. The minimum atomic E-state index is -0.348. The third-order valence-corrected chi connectivity index (χ3v) is 4.18. The summed E-state index contributed by atoms with van der Waals surface area (Å²) in [5, 5.41) is 5.98. The third kappa shape index (κ3) is 4.56. The Labute approximate surface area is 163 Å². The van der Waals surface area contributed by atoms with Gasteiger partial charge in [-0.2, -0.15) is 0 Å². The molecule has 0 aliphatic heterocycles. The van der Waals surface area contributed by atoms with E-state index in [-0.39, 0.29) is 11.6 Å². The van der Waals surface area contributed by atoms with Gasteiger partial charge >= 0.3 is 0 Å². The average molecular weight is 378 g/mol. The maximum absolute atomic E-state index is 12.6. The Morgan fingerprint density at radius 3 is 2.32 bits per heavy atom. The van der Waals surface area contributed by atoms with Crippen molar-refractivity contribution in [3.63, 3.8) is 0 Å². The van der Waals surface area contributed by atoms with Crippen molar-refractivity contribution in [2.75, 3.05) is 24.9 Å². The van der Waals surface area contributed by atoms with Crippen molar-refractivity contribution >= 4 is 23.1 Å². The minimum Gasteiger partial charge on any atom is -0.493 e. The molecule has 3 rings (SSSR count). The first-order chi connectivity index (χ1) is 13.6. The lowest BCUT2D eigenvalue weighted by Gasteiger charge is -2.11. The van der Waals surface area contributed by atoms with Gasteiger partial charge in [-0.25, -0.2) is 9.97 Å². The third-order valence-electron chi connectivity index (χ3n) is 4.18. The van der Waals surface area contributed by atoms with Crippen LogP contribution >= 0.6 is 0 Å². The number of methoxy groups -OCH3 is 2. The first-order valence-corrected chi connectivity index (χ1v) is 8.84. The molecule has 0 saturated heterocycles. The Hall–Kier alpha value is -3.61. The Morgan fingerprint density at radius 2 is 1.64 bits per heavy atom. The number of aromatic nitrogens is 2. The molecule has 3 aromatic rings. The van der Waals surface area contributed by atoms with Crippen molar-refractivity contribution in [3.8, 4) is 11.5 Å². The normalized spacial score (nSPS) is 10.2. The highest BCUT2D eigenvalue weighted by molar-refractivity contribution is 6.03. The van der Waals surface area contributed by atoms with Crippen LogP contribution in [0.1, 0.15) is 23.0 Å². The number of hydrogen-bond acceptors (Lipinski definition) is 6. The summed E-state index contributed by atoms with van der Waals surface area (Å²) in [6.07, 6.45) is 2.33. The van der Waals surface area contributed by atoms with Gasteiger partial charge in [-0.15, -0.1) is 0 Å². The topological polar surface area (TPSA) is 85.4 Å². The maximum Gasteiger partial charge on any atom is 0.274 e. The molecule has 0 atom stereocenters. The summed E-state index contributed by atoms with van der Waals surface area (Å²) in [5.41, 5.74) is 2.97. The number of anilines is 3. The highest BCUT2D eigenvalue weighted by Gasteiger charge is 2.11. The fourth-order valence-corrected chi connectivity index (χ4v) is 2.63. The summed E-state index contributed by atoms with van der Waals surface area (Å²) in [4.78, 5) is 20.8. The van der Waals surface area contributed by atoms with E-state index in [1.165, 1.54) is 11.9 Å². The molecule has 1 aromatic heterocycles. The molecule has 2 aromatic carbocycles. The van der Waals surface area contributed by atoms with Crippen LogP contribution in [-0.2, 0) is 6.42 Å². The van der Waals surface area contributed by atoms with E-state index in [4.69, 9.17) is 9.47 Å². The molecular weight excluding hydrogens is 356 g/mol. The van der Waals surface area contributed by atoms with Crippen molar-refractivity contribution in [3.05, 3.63) is 66.1 Å². The van der Waals surface area contributed by atoms with Crippen molar-refractivity contribution in [1.29, 1.82) is 0 Å². The first-order valence-electron chi connectivity index (χ1n) is 8.84. The lowest BCUT2D eigenvalue weighted by atomic mass is 10.1. The number of aryl methyl sites for hydroxylation is 1. The molecule has 0 spiro atoms. The number of benzene rings is 2. The smallest absolute Gasteiger partial charge is 0.274 e. The number of nitrogens with zero attached hydrogens (tertiary/aromatic N) is 2. The first kappa shape index (κ1) is 19.2. The molecule has 0 saturated carbocycles. The molecule has 0 bridgehead atoms. The van der Waals surface area contributed by atoms with Gasteiger partial charge in [0.2, 0.25) is 0 Å². The molecule has 2 N–H and O–H groups in total. The van der Waals surface area contributed by atoms with Crippen LogP contribution in [0.2, 0.25) is 0 Å². The van der Waals surface area contributed by atoms with E-state index in [9.17, 15) is 4.79 Å². The molecular formula is C21H22N4O3. The maximum atomic E-state index is 12.6. The molecule has 1 amide bonds. The monoisotopic (exact) mass is 378 g/mol. The molecule has 1 heterocycles. The SMILES string of the molecule is CCc1ccc(Nc2cc(C(=O)Nc3ccc(OC)c(OC)c3)ncn2)cc1. The number of hydrogen-bond donors (Lipinski definition) is 2. The van der Waals surface area contributed by atoms with Crippen LogP contribution in [-0.4, -0.2) is 30.1 Å². The molecule has 0 fully saturated rings. The number of nitrogens with one attached hydrogen (secondary N) is 2. The molecule has 0 aliphatic carbocycles. The highest BCUT2D eigenvalue weighted by Crippen LogP contribution is 2.29. The van der Waals surface area contributed by atoms with Gasteiger partial charge in [-0.05, 0) is 36.2 Å². The summed E-state index contributed by atoms with van der Waals surface area (Å²) >= 11 is 0. The van der Waals surface area contributed by atoms with Crippen LogP contribution in [0.5, 0.6) is 11.5 Å². The van der Waals surface area contributed by atoms with Crippen LogP contribution in [0.3, 0.4) is 0 Å². The van der Waals surface area contributed by atoms with Gasteiger partial charge < -0.3 is 20.1 Å². The van der Waals surface area contributed by atoms with E-state index in [0.717, 1.165) is 12.1 Å². The van der Waals surface area contributed by atoms with E-state index in [1.54, 1.807) is 38.5 Å². The summed E-state index contributed by atoms with van der Waals surface area (Å²) in [5.74, 6) is 1.31. The minimum absolute atomic E-state index is 0.248. The van der Waals surface area contributed by atoms with Gasteiger partial charge in [0.05, 0.1) is 14.2 Å². The lowest BCUT2D eigenvalue weighted by molar-refractivity contribution is 0.102. The van der Waals surface area contributed by atoms with Gasteiger partial charge in [0, 0.05) is 23.5 Å². The molecule has 28 heavy (non-hydrogen) atoms. The van der Waals surface area contributed by atoms with E-state index in [1.807, 2.05) is 24.3 Å².